The smallest absolute Gasteiger partial charge is 0.258 e. The predicted octanol–water partition coefficient (Wildman–Crippen LogP) is 2.84. The van der Waals surface area contributed by atoms with E-state index in [0.29, 0.717) is 5.56 Å². The molecule has 3 rings (SSSR count). The molecule has 0 aliphatic heterocycles. The average molecular weight is 251 g/mol. The summed E-state index contributed by atoms with van der Waals surface area (Å²) in [4.78, 5) is 14.2. The molecule has 3 aromatic rings. The maximum Gasteiger partial charge on any atom is 0.258 e. The molecule has 1 N–H and O–H groups in total. The van der Waals surface area contributed by atoms with Crippen molar-refractivity contribution >= 4 is 22.5 Å². The molecule has 4 nitrogen and oxygen atoms in total. The maximum atomic E-state index is 12.5. The van der Waals surface area contributed by atoms with Crippen LogP contribution in [0, 0.1) is 0 Å². The number of carbonyl (C=O) groups is 1. The van der Waals surface area contributed by atoms with Gasteiger partial charge in [-0.15, -0.1) is 0 Å². The third-order valence-electron chi connectivity index (χ3n) is 3.16. The Morgan fingerprint density at radius 3 is 2.68 bits per heavy atom. The number of aromatic nitrogens is 2. The minimum absolute atomic E-state index is 0.0433. The summed E-state index contributed by atoms with van der Waals surface area (Å²) in [5.41, 5.74) is 2.39. The zero-order chi connectivity index (χ0) is 13.2. The summed E-state index contributed by atoms with van der Waals surface area (Å²) in [6.07, 6.45) is 1.68. The summed E-state index contributed by atoms with van der Waals surface area (Å²) < 4.78 is 0. The van der Waals surface area contributed by atoms with Gasteiger partial charge in [-0.1, -0.05) is 24.3 Å². The Hall–Kier alpha value is -2.62. The predicted molar refractivity (Wildman–Crippen MR) is 75.3 cm³/mol. The molecule has 0 saturated heterocycles. The highest BCUT2D eigenvalue weighted by Crippen LogP contribution is 2.20. The Morgan fingerprint density at radius 2 is 1.89 bits per heavy atom. The summed E-state index contributed by atoms with van der Waals surface area (Å²) in [6.45, 7) is 0. The number of carbonyl (C=O) groups excluding carboxylic acids is 1. The maximum absolute atomic E-state index is 12.5. The first-order chi connectivity index (χ1) is 9.27. The van der Waals surface area contributed by atoms with E-state index in [0.717, 1.165) is 16.6 Å². The van der Waals surface area contributed by atoms with E-state index in [2.05, 4.69) is 10.2 Å². The molecule has 0 bridgehead atoms. The van der Waals surface area contributed by atoms with E-state index >= 15 is 0 Å². The van der Waals surface area contributed by atoms with Crippen molar-refractivity contribution < 1.29 is 4.79 Å². The van der Waals surface area contributed by atoms with E-state index < -0.39 is 0 Å². The fourth-order valence-electron chi connectivity index (χ4n) is 2.10. The van der Waals surface area contributed by atoms with Gasteiger partial charge >= 0.3 is 0 Å². The molecule has 0 aliphatic carbocycles. The molecule has 2 aromatic carbocycles. The number of amides is 1. The number of hydrogen-bond donors (Lipinski definition) is 1. The number of hydrogen-bond acceptors (Lipinski definition) is 2. The third-order valence-corrected chi connectivity index (χ3v) is 3.16. The Bertz CT molecular complexity index is 718. The zero-order valence-electron chi connectivity index (χ0n) is 10.5. The van der Waals surface area contributed by atoms with Crippen molar-refractivity contribution in [1.29, 1.82) is 0 Å². The minimum Gasteiger partial charge on any atom is -0.311 e. The Kier molecular flexibility index (Phi) is 2.76. The standard InChI is InChI=1S/C15H13N3O/c1-18(11-6-3-2-4-7-11)15(19)12-8-5-9-14-13(12)10-16-17-14/h2-10H,1H3,(H,16,17). The van der Waals surface area contributed by atoms with E-state index in [4.69, 9.17) is 0 Å². The van der Waals surface area contributed by atoms with Crippen LogP contribution in [0.4, 0.5) is 5.69 Å². The molecule has 0 saturated carbocycles. The molecular formula is C15H13N3O. The molecule has 0 atom stereocenters. The van der Waals surface area contributed by atoms with Crippen LogP contribution >= 0.6 is 0 Å². The topological polar surface area (TPSA) is 49.0 Å². The van der Waals surface area contributed by atoms with Crippen molar-refractivity contribution in [1.82, 2.24) is 10.2 Å². The summed E-state index contributed by atoms with van der Waals surface area (Å²) in [7, 11) is 1.77. The van der Waals surface area contributed by atoms with E-state index in [1.807, 2.05) is 48.5 Å². The summed E-state index contributed by atoms with van der Waals surface area (Å²) in [5, 5.41) is 7.70. The van der Waals surface area contributed by atoms with Crippen molar-refractivity contribution in [3.8, 4) is 0 Å². The highest BCUT2D eigenvalue weighted by atomic mass is 16.2. The lowest BCUT2D eigenvalue weighted by Crippen LogP contribution is -2.26. The molecule has 0 radical (unpaired) electrons. The van der Waals surface area contributed by atoms with E-state index in [1.54, 1.807) is 18.1 Å². The van der Waals surface area contributed by atoms with Crippen LogP contribution in [0.1, 0.15) is 10.4 Å². The first kappa shape index (κ1) is 11.5. The number of anilines is 1. The largest absolute Gasteiger partial charge is 0.311 e. The molecule has 1 heterocycles. The van der Waals surface area contributed by atoms with Crippen molar-refractivity contribution in [2.75, 3.05) is 11.9 Å². The Morgan fingerprint density at radius 1 is 1.11 bits per heavy atom. The number of benzene rings is 2. The zero-order valence-corrected chi connectivity index (χ0v) is 10.5. The van der Waals surface area contributed by atoms with E-state index in [1.165, 1.54) is 0 Å². The quantitative estimate of drug-likeness (QED) is 0.761. The second kappa shape index (κ2) is 4.57. The molecule has 0 spiro atoms. The van der Waals surface area contributed by atoms with E-state index in [-0.39, 0.29) is 5.91 Å². The monoisotopic (exact) mass is 251 g/mol. The first-order valence-electron chi connectivity index (χ1n) is 6.02. The van der Waals surface area contributed by atoms with Gasteiger partial charge in [0.05, 0.1) is 17.3 Å². The van der Waals surface area contributed by atoms with Gasteiger partial charge < -0.3 is 4.90 Å². The lowest BCUT2D eigenvalue weighted by molar-refractivity contribution is 0.0994. The molecule has 0 aliphatic rings. The van der Waals surface area contributed by atoms with Crippen LogP contribution in [0.15, 0.2) is 54.7 Å². The average Bonchev–Trinajstić information content (AvgIpc) is 2.95. The Balaban J connectivity index is 2.02. The molecule has 4 heteroatoms. The minimum atomic E-state index is -0.0433. The molecule has 19 heavy (non-hydrogen) atoms. The summed E-state index contributed by atoms with van der Waals surface area (Å²) in [6, 6.07) is 15.2. The van der Waals surface area contributed by atoms with Crippen molar-refractivity contribution in [3.05, 3.63) is 60.3 Å². The highest BCUT2D eigenvalue weighted by molar-refractivity contribution is 6.13. The van der Waals surface area contributed by atoms with Gasteiger partial charge in [-0.2, -0.15) is 5.10 Å². The molecule has 94 valence electrons. The van der Waals surface area contributed by atoms with Gasteiger partial charge in [0.25, 0.3) is 5.91 Å². The number of fused-ring (bicyclic) bond motifs is 1. The molecule has 1 amide bonds. The molecule has 1 aromatic heterocycles. The van der Waals surface area contributed by atoms with Crippen molar-refractivity contribution in [2.45, 2.75) is 0 Å². The van der Waals surface area contributed by atoms with Gasteiger partial charge in [-0.05, 0) is 24.3 Å². The van der Waals surface area contributed by atoms with Crippen LogP contribution < -0.4 is 4.90 Å². The fraction of sp³-hybridized carbons (Fsp3) is 0.0667. The van der Waals surface area contributed by atoms with Crippen molar-refractivity contribution in [2.24, 2.45) is 0 Å². The van der Waals surface area contributed by atoms with Crippen LogP contribution in [0.3, 0.4) is 0 Å². The third kappa shape index (κ3) is 1.97. The SMILES string of the molecule is CN(C(=O)c1cccc2[nH]ncc12)c1ccccc1. The summed E-state index contributed by atoms with van der Waals surface area (Å²) in [5.74, 6) is -0.0433. The van der Waals surface area contributed by atoms with Crippen molar-refractivity contribution in [3.63, 3.8) is 0 Å². The van der Waals surface area contributed by atoms with Gasteiger partial charge in [-0.25, -0.2) is 0 Å². The molecular weight excluding hydrogens is 238 g/mol. The van der Waals surface area contributed by atoms with Crippen LogP contribution in [0.25, 0.3) is 10.9 Å². The normalized spacial score (nSPS) is 10.6. The van der Waals surface area contributed by atoms with Gasteiger partial charge in [0.1, 0.15) is 0 Å². The van der Waals surface area contributed by atoms with Crippen LogP contribution in [-0.4, -0.2) is 23.2 Å². The number of para-hydroxylation sites is 1. The fourth-order valence-corrected chi connectivity index (χ4v) is 2.10. The molecule has 0 unspecified atom stereocenters. The van der Waals surface area contributed by atoms with Gasteiger partial charge in [0.2, 0.25) is 0 Å². The number of H-pyrrole nitrogens is 1. The van der Waals surface area contributed by atoms with Gasteiger partial charge in [-0.3, -0.25) is 9.89 Å². The number of aromatic amines is 1. The summed E-state index contributed by atoms with van der Waals surface area (Å²) >= 11 is 0. The van der Waals surface area contributed by atoms with Gasteiger partial charge in [0, 0.05) is 18.1 Å². The van der Waals surface area contributed by atoms with Crippen LogP contribution in [0.2, 0.25) is 0 Å². The van der Waals surface area contributed by atoms with Gasteiger partial charge in [0.15, 0.2) is 0 Å². The van der Waals surface area contributed by atoms with Crippen LogP contribution in [0.5, 0.6) is 0 Å². The Labute approximate surface area is 110 Å². The second-order valence-electron chi connectivity index (χ2n) is 4.34. The number of nitrogens with one attached hydrogen (secondary N) is 1. The van der Waals surface area contributed by atoms with Crippen LogP contribution in [-0.2, 0) is 0 Å². The number of rotatable bonds is 2. The lowest BCUT2D eigenvalue weighted by atomic mass is 10.1. The highest BCUT2D eigenvalue weighted by Gasteiger charge is 2.16. The lowest BCUT2D eigenvalue weighted by Gasteiger charge is -2.17. The molecule has 0 fully saturated rings. The second-order valence-corrected chi connectivity index (χ2v) is 4.34. The van der Waals surface area contributed by atoms with E-state index in [9.17, 15) is 4.79 Å². The number of nitrogens with zero attached hydrogens (tertiary/aromatic N) is 2. The first-order valence-corrected chi connectivity index (χ1v) is 6.02.